The van der Waals surface area contributed by atoms with Gasteiger partial charge in [0.15, 0.2) is 0 Å². The summed E-state index contributed by atoms with van der Waals surface area (Å²) in [5, 5.41) is 20.7. The fourth-order valence-corrected chi connectivity index (χ4v) is 1.98. The van der Waals surface area contributed by atoms with Crippen molar-refractivity contribution >= 4 is 23.2 Å². The first kappa shape index (κ1) is 13.6. The molecule has 0 fully saturated rings. The average molecular weight is 258 g/mol. The van der Waals surface area contributed by atoms with E-state index in [2.05, 4.69) is 10.3 Å². The van der Waals surface area contributed by atoms with E-state index in [0.29, 0.717) is 10.6 Å². The third-order valence-corrected chi connectivity index (χ3v) is 3.04. The van der Waals surface area contributed by atoms with Crippen LogP contribution in [0.4, 0.5) is 0 Å². The molecule has 17 heavy (non-hydrogen) atoms. The van der Waals surface area contributed by atoms with E-state index in [1.54, 1.807) is 12.4 Å². The van der Waals surface area contributed by atoms with Crippen LogP contribution in [0.15, 0.2) is 5.51 Å². The van der Waals surface area contributed by atoms with Gasteiger partial charge in [0.1, 0.15) is 4.88 Å². The summed E-state index contributed by atoms with van der Waals surface area (Å²) in [6.45, 7) is 2.96. The molecule has 0 aliphatic heterocycles. The van der Waals surface area contributed by atoms with E-state index in [0.717, 1.165) is 0 Å². The van der Waals surface area contributed by atoms with E-state index in [-0.39, 0.29) is 12.5 Å². The normalized spacial score (nSPS) is 14.1. The minimum absolute atomic E-state index is 0.116. The highest BCUT2D eigenvalue weighted by atomic mass is 32.1. The molecule has 0 aliphatic carbocycles. The number of carbonyl (C=O) groups excluding carboxylic acids is 1. The van der Waals surface area contributed by atoms with E-state index in [1.165, 1.54) is 18.3 Å². The van der Waals surface area contributed by atoms with Crippen molar-refractivity contribution in [1.29, 1.82) is 0 Å². The number of carboxylic acids is 1. The molecule has 3 N–H and O–H groups in total. The number of carbonyl (C=O) groups is 2. The summed E-state index contributed by atoms with van der Waals surface area (Å²) in [5.74, 6) is -1.46. The first-order valence-corrected chi connectivity index (χ1v) is 5.82. The second kappa shape index (κ2) is 5.24. The van der Waals surface area contributed by atoms with E-state index < -0.39 is 18.0 Å². The van der Waals surface area contributed by atoms with Gasteiger partial charge in [0.05, 0.1) is 23.2 Å². The van der Waals surface area contributed by atoms with Crippen LogP contribution in [0.1, 0.15) is 28.7 Å². The largest absolute Gasteiger partial charge is 0.481 e. The highest BCUT2D eigenvalue weighted by Crippen LogP contribution is 2.13. The topological polar surface area (TPSA) is 99.5 Å². The molecule has 0 radical (unpaired) electrons. The van der Waals surface area contributed by atoms with Crippen molar-refractivity contribution in [1.82, 2.24) is 10.3 Å². The molecule has 1 atom stereocenters. The molecular weight excluding hydrogens is 244 g/mol. The molecule has 0 saturated heterocycles. The van der Waals surface area contributed by atoms with Crippen molar-refractivity contribution in [3.8, 4) is 0 Å². The van der Waals surface area contributed by atoms with Crippen LogP contribution in [-0.4, -0.2) is 39.2 Å². The van der Waals surface area contributed by atoms with Gasteiger partial charge in [-0.25, -0.2) is 4.98 Å². The van der Waals surface area contributed by atoms with E-state index >= 15 is 0 Å². The smallest absolute Gasteiger partial charge is 0.306 e. The molecule has 0 spiro atoms. The van der Waals surface area contributed by atoms with Crippen molar-refractivity contribution in [2.45, 2.75) is 25.9 Å². The maximum absolute atomic E-state index is 11.7. The lowest BCUT2D eigenvalue weighted by Crippen LogP contribution is -2.42. The molecule has 7 heteroatoms. The zero-order valence-corrected chi connectivity index (χ0v) is 10.4. The van der Waals surface area contributed by atoms with E-state index in [4.69, 9.17) is 5.11 Å². The number of carboxylic acid groups (broad SMARTS) is 1. The van der Waals surface area contributed by atoms with Crippen LogP contribution in [0, 0.1) is 6.92 Å². The number of aryl methyl sites for hydroxylation is 1. The molecule has 0 aliphatic rings. The van der Waals surface area contributed by atoms with Crippen LogP contribution >= 0.6 is 11.3 Å². The van der Waals surface area contributed by atoms with Crippen LogP contribution in [0.5, 0.6) is 0 Å². The fraction of sp³-hybridized carbons (Fsp3) is 0.500. The Labute approximate surface area is 102 Å². The first-order chi connectivity index (χ1) is 7.82. The summed E-state index contributed by atoms with van der Waals surface area (Å²) in [7, 11) is 0. The SMILES string of the molecule is Cc1ncsc1C(=O)NCC(C)(O)CC(=O)O. The molecule has 1 unspecified atom stereocenters. The van der Waals surface area contributed by atoms with Gasteiger partial charge in [-0.3, -0.25) is 9.59 Å². The molecule has 1 amide bonds. The number of rotatable bonds is 5. The summed E-state index contributed by atoms with van der Waals surface area (Å²) < 4.78 is 0. The Balaban J connectivity index is 2.54. The summed E-state index contributed by atoms with van der Waals surface area (Å²) >= 11 is 1.20. The van der Waals surface area contributed by atoms with Gasteiger partial charge in [0, 0.05) is 6.54 Å². The average Bonchev–Trinajstić information content (AvgIpc) is 2.59. The molecular formula is C10H14N2O4S. The molecule has 94 valence electrons. The summed E-state index contributed by atoms with van der Waals surface area (Å²) in [5.41, 5.74) is 0.713. The van der Waals surface area contributed by atoms with Crippen molar-refractivity contribution in [2.24, 2.45) is 0 Å². The number of amides is 1. The molecule has 0 saturated carbocycles. The Morgan fingerprint density at radius 1 is 1.59 bits per heavy atom. The van der Waals surface area contributed by atoms with Crippen LogP contribution in [0.3, 0.4) is 0 Å². The van der Waals surface area contributed by atoms with Crippen LogP contribution in [-0.2, 0) is 4.79 Å². The van der Waals surface area contributed by atoms with E-state index in [1.807, 2.05) is 0 Å². The Morgan fingerprint density at radius 3 is 2.71 bits per heavy atom. The highest BCUT2D eigenvalue weighted by Gasteiger charge is 2.25. The number of nitrogens with one attached hydrogen (secondary N) is 1. The maximum atomic E-state index is 11.7. The van der Waals surface area contributed by atoms with Crippen molar-refractivity contribution < 1.29 is 19.8 Å². The lowest BCUT2D eigenvalue weighted by Gasteiger charge is -2.21. The number of nitrogens with zero attached hydrogens (tertiary/aromatic N) is 1. The number of hydrogen-bond donors (Lipinski definition) is 3. The predicted octanol–water partition coefficient (Wildman–Crippen LogP) is 0.407. The first-order valence-electron chi connectivity index (χ1n) is 4.94. The third-order valence-electron chi connectivity index (χ3n) is 2.11. The molecule has 1 heterocycles. The van der Waals surface area contributed by atoms with Crippen molar-refractivity contribution in [3.63, 3.8) is 0 Å². The van der Waals surface area contributed by atoms with Gasteiger partial charge in [-0.05, 0) is 13.8 Å². The monoisotopic (exact) mass is 258 g/mol. The number of hydrogen-bond acceptors (Lipinski definition) is 5. The number of aromatic nitrogens is 1. The van der Waals surface area contributed by atoms with Crippen LogP contribution in [0.25, 0.3) is 0 Å². The number of thiazole rings is 1. The standard InChI is InChI=1S/C10H14N2O4S/c1-6-8(17-5-12-6)9(15)11-4-10(2,16)3-7(13)14/h5,16H,3-4H2,1-2H3,(H,11,15)(H,13,14). The molecule has 1 rings (SSSR count). The second-order valence-electron chi connectivity index (χ2n) is 4.02. The molecule has 1 aromatic heterocycles. The summed E-state index contributed by atoms with van der Waals surface area (Å²) in [6.07, 6.45) is -0.422. The van der Waals surface area contributed by atoms with Gasteiger partial charge in [0.2, 0.25) is 0 Å². The van der Waals surface area contributed by atoms with Crippen LogP contribution in [0.2, 0.25) is 0 Å². The summed E-state index contributed by atoms with van der Waals surface area (Å²) in [6, 6.07) is 0. The van der Waals surface area contributed by atoms with Crippen molar-refractivity contribution in [3.05, 3.63) is 16.1 Å². The minimum atomic E-state index is -1.46. The lowest BCUT2D eigenvalue weighted by atomic mass is 10.0. The van der Waals surface area contributed by atoms with Crippen molar-refractivity contribution in [2.75, 3.05) is 6.54 Å². The maximum Gasteiger partial charge on any atom is 0.306 e. The second-order valence-corrected chi connectivity index (χ2v) is 4.87. The van der Waals surface area contributed by atoms with Gasteiger partial charge in [0.25, 0.3) is 5.91 Å². The predicted molar refractivity (Wildman–Crippen MR) is 62.1 cm³/mol. The van der Waals surface area contributed by atoms with Gasteiger partial charge in [-0.15, -0.1) is 11.3 Å². The lowest BCUT2D eigenvalue weighted by molar-refractivity contribution is -0.141. The summed E-state index contributed by atoms with van der Waals surface area (Å²) in [4.78, 5) is 26.5. The quantitative estimate of drug-likeness (QED) is 0.710. The third kappa shape index (κ3) is 4.12. The number of aliphatic hydroxyl groups is 1. The van der Waals surface area contributed by atoms with Gasteiger partial charge < -0.3 is 15.5 Å². The van der Waals surface area contributed by atoms with Gasteiger partial charge in [-0.1, -0.05) is 0 Å². The molecule has 6 nitrogen and oxygen atoms in total. The zero-order chi connectivity index (χ0) is 13.1. The molecule has 0 aromatic carbocycles. The Hall–Kier alpha value is -1.47. The van der Waals surface area contributed by atoms with Gasteiger partial charge in [-0.2, -0.15) is 0 Å². The molecule has 1 aromatic rings. The Bertz CT molecular complexity index is 428. The highest BCUT2D eigenvalue weighted by molar-refractivity contribution is 7.11. The number of aliphatic carboxylic acids is 1. The Kier molecular flexibility index (Phi) is 4.19. The van der Waals surface area contributed by atoms with Gasteiger partial charge >= 0.3 is 5.97 Å². The van der Waals surface area contributed by atoms with Crippen LogP contribution < -0.4 is 5.32 Å². The molecule has 0 bridgehead atoms. The Morgan fingerprint density at radius 2 is 2.24 bits per heavy atom. The fourth-order valence-electron chi connectivity index (χ4n) is 1.26. The van der Waals surface area contributed by atoms with E-state index in [9.17, 15) is 14.7 Å². The zero-order valence-electron chi connectivity index (χ0n) is 9.56. The minimum Gasteiger partial charge on any atom is -0.481 e.